The van der Waals surface area contributed by atoms with E-state index < -0.39 is 0 Å². The molecule has 6 rings (SSSR count). The summed E-state index contributed by atoms with van der Waals surface area (Å²) < 4.78 is 8.95. The van der Waals surface area contributed by atoms with Crippen LogP contribution in [0.25, 0.3) is 22.5 Å². The summed E-state index contributed by atoms with van der Waals surface area (Å²) in [5.41, 5.74) is 10.0. The van der Waals surface area contributed by atoms with E-state index in [2.05, 4.69) is 9.97 Å². The van der Waals surface area contributed by atoms with Crippen molar-refractivity contribution in [1.82, 2.24) is 24.0 Å². The van der Waals surface area contributed by atoms with Crippen molar-refractivity contribution in [2.75, 3.05) is 24.7 Å². The van der Waals surface area contributed by atoms with Crippen LogP contribution < -0.4 is 21.1 Å². The van der Waals surface area contributed by atoms with E-state index in [1.54, 1.807) is 36.2 Å². The van der Waals surface area contributed by atoms with Gasteiger partial charge in [-0.25, -0.2) is 19.3 Å². The van der Waals surface area contributed by atoms with Gasteiger partial charge in [0.15, 0.2) is 11.5 Å². The maximum atomic E-state index is 14.2. The average Bonchev–Trinajstić information content (AvgIpc) is 3.82. The van der Waals surface area contributed by atoms with Gasteiger partial charge in [0, 0.05) is 25.8 Å². The number of carbonyl (C=O) groups is 1. The third kappa shape index (κ3) is 5.12. The monoisotopic (exact) mass is 575 g/mol. The highest BCUT2D eigenvalue weighted by Crippen LogP contribution is 2.31. The minimum absolute atomic E-state index is 0.120. The lowest BCUT2D eigenvalue weighted by Crippen LogP contribution is -2.35. The molecule has 218 valence electrons. The van der Waals surface area contributed by atoms with Crippen LogP contribution >= 0.6 is 0 Å². The molecule has 0 atom stereocenters. The summed E-state index contributed by atoms with van der Waals surface area (Å²) >= 11 is 0. The number of aryl methyl sites for hydroxylation is 1. The molecule has 1 amide bonds. The van der Waals surface area contributed by atoms with E-state index in [9.17, 15) is 9.59 Å². The maximum Gasteiger partial charge on any atom is 0.339 e. The number of para-hydroxylation sites is 1. The van der Waals surface area contributed by atoms with Crippen LogP contribution in [-0.2, 0) is 4.79 Å². The summed E-state index contributed by atoms with van der Waals surface area (Å²) in [6.07, 6.45) is 5.36. The standard InChI is InChI=1S/C33H33N7O3/c1-5-27(37(3)22-13-14-22)32(41)38(4)24-12-11-21(2)28(19-24)40-31-29(30(34)35-20-36-31)39(33(40)42)23-15-17-26(18-16-23)43-25-9-7-6-8-10-25/h5-12,15-20,22H,13-14H2,1-4H3,(H2,34,35,36)/b27-5+. The van der Waals surface area contributed by atoms with Gasteiger partial charge >= 0.3 is 5.69 Å². The Hall–Kier alpha value is -5.38. The maximum absolute atomic E-state index is 14.2. The number of aromatic nitrogens is 4. The molecule has 0 bridgehead atoms. The Bertz CT molecular complexity index is 1910. The Balaban J connectivity index is 1.42. The first-order valence-electron chi connectivity index (χ1n) is 14.1. The van der Waals surface area contributed by atoms with Crippen molar-refractivity contribution in [3.8, 4) is 22.9 Å². The number of hydrogen-bond acceptors (Lipinski definition) is 7. The smallest absolute Gasteiger partial charge is 0.339 e. The van der Waals surface area contributed by atoms with Gasteiger partial charge in [-0.15, -0.1) is 0 Å². The van der Waals surface area contributed by atoms with Gasteiger partial charge < -0.3 is 20.3 Å². The SMILES string of the molecule is C/C=C(\C(=O)N(C)c1ccc(C)c(-n2c(=O)n(-c3ccc(Oc4ccccc4)cc3)c3c(N)ncnc32)c1)N(C)C1CC1. The highest BCUT2D eigenvalue weighted by atomic mass is 16.5. The fourth-order valence-corrected chi connectivity index (χ4v) is 5.26. The molecule has 10 heteroatoms. The van der Waals surface area contributed by atoms with Crippen LogP contribution in [0.1, 0.15) is 25.3 Å². The number of carbonyl (C=O) groups excluding carboxylic acids is 1. The van der Waals surface area contributed by atoms with Gasteiger partial charge in [-0.05, 0) is 80.8 Å². The van der Waals surface area contributed by atoms with E-state index in [1.165, 1.54) is 15.5 Å². The molecule has 0 saturated heterocycles. The number of imidazole rings is 1. The highest BCUT2D eigenvalue weighted by molar-refractivity contribution is 6.05. The number of amides is 1. The number of rotatable bonds is 8. The van der Waals surface area contributed by atoms with E-state index >= 15 is 0 Å². The van der Waals surface area contributed by atoms with Gasteiger partial charge in [0.1, 0.15) is 23.3 Å². The second kappa shape index (κ2) is 11.1. The van der Waals surface area contributed by atoms with Gasteiger partial charge in [0.05, 0.1) is 17.1 Å². The van der Waals surface area contributed by atoms with Gasteiger partial charge in [0.25, 0.3) is 5.91 Å². The number of fused-ring (bicyclic) bond motifs is 1. The van der Waals surface area contributed by atoms with Gasteiger partial charge in [0.2, 0.25) is 0 Å². The van der Waals surface area contributed by atoms with Crippen molar-refractivity contribution in [2.45, 2.75) is 32.7 Å². The Kier molecular flexibility index (Phi) is 7.19. The highest BCUT2D eigenvalue weighted by Gasteiger charge is 2.31. The molecule has 5 aromatic rings. The second-order valence-corrected chi connectivity index (χ2v) is 10.6. The Labute approximate surface area is 249 Å². The third-order valence-corrected chi connectivity index (χ3v) is 7.82. The lowest BCUT2D eigenvalue weighted by molar-refractivity contribution is -0.116. The molecule has 0 aliphatic heterocycles. The zero-order valence-corrected chi connectivity index (χ0v) is 24.6. The largest absolute Gasteiger partial charge is 0.457 e. The first-order chi connectivity index (χ1) is 20.8. The minimum atomic E-state index is -0.365. The lowest BCUT2D eigenvalue weighted by atomic mass is 10.1. The quantitative estimate of drug-likeness (QED) is 0.253. The molecule has 0 spiro atoms. The van der Waals surface area contributed by atoms with Crippen molar-refractivity contribution in [2.24, 2.45) is 0 Å². The van der Waals surface area contributed by atoms with Crippen molar-refractivity contribution < 1.29 is 9.53 Å². The molecule has 43 heavy (non-hydrogen) atoms. The summed E-state index contributed by atoms with van der Waals surface area (Å²) in [4.78, 5) is 40.0. The normalized spacial score (nSPS) is 13.3. The summed E-state index contributed by atoms with van der Waals surface area (Å²) in [5, 5.41) is 0. The topological polar surface area (TPSA) is 112 Å². The molecule has 1 fully saturated rings. The summed E-state index contributed by atoms with van der Waals surface area (Å²) in [6.45, 7) is 3.79. The number of nitrogens with zero attached hydrogens (tertiary/aromatic N) is 6. The fraction of sp³-hybridized carbons (Fsp3) is 0.212. The lowest BCUT2D eigenvalue weighted by Gasteiger charge is -2.26. The predicted octanol–water partition coefficient (Wildman–Crippen LogP) is 5.22. The van der Waals surface area contributed by atoms with Gasteiger partial charge in [-0.1, -0.05) is 30.3 Å². The van der Waals surface area contributed by atoms with Crippen LogP contribution in [-0.4, -0.2) is 50.0 Å². The molecular formula is C33H33N7O3. The number of nitrogens with two attached hydrogens (primary N) is 1. The minimum Gasteiger partial charge on any atom is -0.457 e. The zero-order valence-electron chi connectivity index (χ0n) is 24.6. The number of hydrogen-bond donors (Lipinski definition) is 1. The molecule has 0 unspecified atom stereocenters. The number of nitrogen functional groups attached to an aromatic ring is 1. The van der Waals surface area contributed by atoms with Crippen LogP contribution in [0, 0.1) is 6.92 Å². The van der Waals surface area contributed by atoms with Gasteiger partial charge in [-0.2, -0.15) is 0 Å². The Morgan fingerprint density at radius 3 is 2.35 bits per heavy atom. The molecule has 2 aromatic heterocycles. The van der Waals surface area contributed by atoms with Gasteiger partial charge in [-0.3, -0.25) is 9.36 Å². The Morgan fingerprint density at radius 2 is 1.67 bits per heavy atom. The van der Waals surface area contributed by atoms with Crippen molar-refractivity contribution in [3.05, 3.63) is 107 Å². The molecule has 2 N–H and O–H groups in total. The van der Waals surface area contributed by atoms with Crippen LogP contribution in [0.2, 0.25) is 0 Å². The van der Waals surface area contributed by atoms with E-state index in [1.807, 2.05) is 80.4 Å². The van der Waals surface area contributed by atoms with E-state index in [0.717, 1.165) is 18.4 Å². The summed E-state index contributed by atoms with van der Waals surface area (Å²) in [7, 11) is 3.70. The third-order valence-electron chi connectivity index (χ3n) is 7.82. The zero-order chi connectivity index (χ0) is 30.2. The molecule has 1 aliphatic carbocycles. The predicted molar refractivity (Wildman–Crippen MR) is 168 cm³/mol. The molecule has 2 heterocycles. The van der Waals surface area contributed by atoms with E-state index in [4.69, 9.17) is 10.5 Å². The number of allylic oxidation sites excluding steroid dienone is 1. The molecular weight excluding hydrogens is 542 g/mol. The molecule has 1 saturated carbocycles. The number of likely N-dealkylation sites (N-methyl/N-ethyl adjacent to an activating group) is 2. The number of benzene rings is 3. The fourth-order valence-electron chi connectivity index (χ4n) is 5.26. The first-order valence-corrected chi connectivity index (χ1v) is 14.1. The van der Waals surface area contributed by atoms with E-state index in [0.29, 0.717) is 51.5 Å². The summed E-state index contributed by atoms with van der Waals surface area (Å²) in [6, 6.07) is 22.6. The van der Waals surface area contributed by atoms with Crippen LogP contribution in [0.4, 0.5) is 11.5 Å². The molecule has 10 nitrogen and oxygen atoms in total. The number of ether oxygens (including phenoxy) is 1. The second-order valence-electron chi connectivity index (χ2n) is 10.6. The van der Waals surface area contributed by atoms with Crippen molar-refractivity contribution >= 4 is 28.6 Å². The molecule has 0 radical (unpaired) electrons. The molecule has 1 aliphatic rings. The average molecular weight is 576 g/mol. The van der Waals surface area contributed by atoms with Crippen LogP contribution in [0.3, 0.4) is 0 Å². The first kappa shape index (κ1) is 27.8. The Morgan fingerprint density at radius 1 is 0.977 bits per heavy atom. The number of anilines is 2. The summed E-state index contributed by atoms with van der Waals surface area (Å²) in [5.74, 6) is 1.39. The molecule has 3 aromatic carbocycles. The van der Waals surface area contributed by atoms with Crippen LogP contribution in [0.15, 0.2) is 95.7 Å². The van der Waals surface area contributed by atoms with Crippen molar-refractivity contribution in [3.63, 3.8) is 0 Å². The van der Waals surface area contributed by atoms with E-state index in [-0.39, 0.29) is 17.4 Å². The van der Waals surface area contributed by atoms with Crippen molar-refractivity contribution in [1.29, 1.82) is 0 Å². The van der Waals surface area contributed by atoms with Crippen LogP contribution in [0.5, 0.6) is 11.5 Å².